The molecule has 0 aliphatic carbocycles. The molecule has 2 fully saturated rings. The largest absolute Gasteiger partial charge is 0.379 e. The Hall–Kier alpha value is -3.44. The van der Waals surface area contributed by atoms with Gasteiger partial charge in [-0.3, -0.25) is 19.8 Å². The summed E-state index contributed by atoms with van der Waals surface area (Å²) in [5.41, 5.74) is 3.99. The van der Waals surface area contributed by atoms with Crippen LogP contribution in [0.1, 0.15) is 63.7 Å². The fourth-order valence-corrected chi connectivity index (χ4v) is 4.29. The number of rotatable bonds is 8. The van der Waals surface area contributed by atoms with Crippen LogP contribution in [0, 0.1) is 11.3 Å². The Morgan fingerprint density at radius 1 is 1.00 bits per heavy atom. The predicted molar refractivity (Wildman–Crippen MR) is 139 cm³/mol. The first kappa shape index (κ1) is 27.6. The number of ketones is 2. The quantitative estimate of drug-likeness (QED) is 0.305. The molecular formula is C28H33N3O7. The van der Waals surface area contributed by atoms with Crippen LogP contribution in [0.5, 0.6) is 0 Å². The minimum Gasteiger partial charge on any atom is -0.379 e. The highest BCUT2D eigenvalue weighted by Gasteiger charge is 2.31. The number of amides is 2. The number of anilines is 1. The number of carbonyl (C=O) groups is 4. The molecule has 0 aromatic heterocycles. The van der Waals surface area contributed by atoms with E-state index in [1.165, 1.54) is 19.1 Å². The number of carbonyl (C=O) groups excluding carboxylic acids is 4. The van der Waals surface area contributed by atoms with Crippen molar-refractivity contribution in [1.82, 2.24) is 10.4 Å². The van der Waals surface area contributed by atoms with Crippen molar-refractivity contribution >= 4 is 29.6 Å². The Labute approximate surface area is 221 Å². The molecule has 2 aromatic carbocycles. The fourth-order valence-electron chi connectivity index (χ4n) is 4.29. The average molecular weight is 524 g/mol. The number of aldehydes is 1. The number of benzene rings is 2. The van der Waals surface area contributed by atoms with E-state index >= 15 is 0 Å². The lowest BCUT2D eigenvalue weighted by molar-refractivity contribution is -0.226. The molecule has 10 heteroatoms. The van der Waals surface area contributed by atoms with Crippen molar-refractivity contribution in [2.75, 3.05) is 44.8 Å². The van der Waals surface area contributed by atoms with Crippen LogP contribution in [0.15, 0.2) is 42.5 Å². The molecule has 1 unspecified atom stereocenters. The van der Waals surface area contributed by atoms with Gasteiger partial charge >= 0.3 is 6.03 Å². The van der Waals surface area contributed by atoms with Crippen LogP contribution in [0.25, 0.3) is 0 Å². The average Bonchev–Trinajstić information content (AvgIpc) is 2.92. The summed E-state index contributed by atoms with van der Waals surface area (Å²) in [6.45, 7) is 8.75. The van der Waals surface area contributed by atoms with Gasteiger partial charge in [-0.15, -0.1) is 0 Å². The van der Waals surface area contributed by atoms with Gasteiger partial charge < -0.3 is 19.5 Å². The summed E-state index contributed by atoms with van der Waals surface area (Å²) in [4.78, 5) is 51.1. The Kier molecular flexibility index (Phi) is 8.68. The van der Waals surface area contributed by atoms with Crippen LogP contribution in [-0.2, 0) is 14.2 Å². The third-order valence-electron chi connectivity index (χ3n) is 6.49. The van der Waals surface area contributed by atoms with Gasteiger partial charge in [0.05, 0.1) is 43.6 Å². The third kappa shape index (κ3) is 6.51. The zero-order valence-corrected chi connectivity index (χ0v) is 21.8. The molecule has 2 amide bonds. The van der Waals surface area contributed by atoms with Crippen LogP contribution < -0.4 is 10.7 Å². The molecule has 2 aliphatic heterocycles. The number of hydrogen-bond donors (Lipinski definition) is 2. The van der Waals surface area contributed by atoms with E-state index in [9.17, 15) is 19.2 Å². The number of Topliss-reactive ketones (excluding diaryl/α,β-unsaturated/α-hetero) is 2. The van der Waals surface area contributed by atoms with Crippen molar-refractivity contribution in [2.45, 2.75) is 27.1 Å². The summed E-state index contributed by atoms with van der Waals surface area (Å²) in [7, 11) is 0. The summed E-state index contributed by atoms with van der Waals surface area (Å²) in [6, 6.07) is 10.8. The van der Waals surface area contributed by atoms with Crippen molar-refractivity contribution < 1.29 is 33.4 Å². The molecule has 0 saturated carbocycles. The topological polar surface area (TPSA) is 123 Å². The van der Waals surface area contributed by atoms with E-state index in [0.29, 0.717) is 51.4 Å². The molecule has 2 aliphatic rings. The smallest absolute Gasteiger partial charge is 0.333 e. The number of hydrazine groups is 1. The van der Waals surface area contributed by atoms with Crippen LogP contribution >= 0.6 is 0 Å². The zero-order valence-electron chi connectivity index (χ0n) is 21.8. The normalized spacial score (nSPS) is 18.8. The second kappa shape index (κ2) is 12.0. The number of nitrogens with zero attached hydrogens (tertiary/aromatic N) is 1. The minimum atomic E-state index is -1.09. The Bertz CT molecular complexity index is 1180. The molecule has 202 valence electrons. The standard InChI is InChI=1S/C28H33N3O7/c1-18(24(33)19-7-9-20(10-8-19)26-37-16-28(2,3)17-38-26)25(34)23-21(15-32)5-4-6-22(23)29-27(35)30-31-11-13-36-14-12-31/h4-10,15,18,26H,11-14,16-17H2,1-3H3,(H2,29,30,35). The molecular weight excluding hydrogens is 490 g/mol. The van der Waals surface area contributed by atoms with Crippen LogP contribution in [0.3, 0.4) is 0 Å². The highest BCUT2D eigenvalue weighted by Crippen LogP contribution is 2.31. The Balaban J connectivity index is 1.47. The van der Waals surface area contributed by atoms with E-state index in [0.717, 1.165) is 5.56 Å². The Morgan fingerprint density at radius 2 is 1.66 bits per heavy atom. The molecule has 38 heavy (non-hydrogen) atoms. The van der Waals surface area contributed by atoms with Crippen molar-refractivity contribution in [1.29, 1.82) is 0 Å². The number of urea groups is 1. The van der Waals surface area contributed by atoms with Gasteiger partial charge in [0.25, 0.3) is 0 Å². The van der Waals surface area contributed by atoms with Crippen molar-refractivity contribution in [3.8, 4) is 0 Å². The first-order valence-electron chi connectivity index (χ1n) is 12.6. The first-order chi connectivity index (χ1) is 18.2. The highest BCUT2D eigenvalue weighted by molar-refractivity contribution is 6.20. The third-order valence-corrected chi connectivity index (χ3v) is 6.49. The second-order valence-corrected chi connectivity index (χ2v) is 10.2. The van der Waals surface area contributed by atoms with Gasteiger partial charge in [0.2, 0.25) is 0 Å². The lowest BCUT2D eigenvalue weighted by atomic mass is 9.88. The van der Waals surface area contributed by atoms with Crippen LogP contribution in [0.2, 0.25) is 0 Å². The molecule has 2 saturated heterocycles. The first-order valence-corrected chi connectivity index (χ1v) is 12.6. The molecule has 10 nitrogen and oxygen atoms in total. The van der Waals surface area contributed by atoms with Gasteiger partial charge in [0, 0.05) is 35.2 Å². The van der Waals surface area contributed by atoms with Crippen LogP contribution in [0.4, 0.5) is 10.5 Å². The summed E-state index contributed by atoms with van der Waals surface area (Å²) in [6.07, 6.45) is 0.0263. The van der Waals surface area contributed by atoms with Crippen molar-refractivity contribution in [3.63, 3.8) is 0 Å². The number of nitrogens with one attached hydrogen (secondary N) is 2. The number of ether oxygens (including phenoxy) is 3. The van der Waals surface area contributed by atoms with Crippen molar-refractivity contribution in [2.24, 2.45) is 11.3 Å². The second-order valence-electron chi connectivity index (χ2n) is 10.2. The van der Waals surface area contributed by atoms with Gasteiger partial charge in [0.1, 0.15) is 0 Å². The summed E-state index contributed by atoms with van der Waals surface area (Å²) in [5, 5.41) is 4.34. The van der Waals surface area contributed by atoms with E-state index in [1.807, 2.05) is 0 Å². The predicted octanol–water partition coefficient (Wildman–Crippen LogP) is 3.64. The monoisotopic (exact) mass is 523 g/mol. The fraction of sp³-hybridized carbons (Fsp3) is 0.429. The SMILES string of the molecule is CC(C(=O)c1ccc(C2OCC(C)(C)CO2)cc1)C(=O)c1c(C=O)cccc1NC(=O)NN1CCOCC1. The van der Waals surface area contributed by atoms with E-state index in [-0.39, 0.29) is 22.2 Å². The van der Waals surface area contributed by atoms with Gasteiger partial charge in [-0.25, -0.2) is 9.80 Å². The molecule has 0 spiro atoms. The van der Waals surface area contributed by atoms with E-state index in [1.54, 1.807) is 35.3 Å². The molecule has 0 bridgehead atoms. The van der Waals surface area contributed by atoms with E-state index in [2.05, 4.69) is 24.6 Å². The highest BCUT2D eigenvalue weighted by atomic mass is 16.7. The molecule has 2 aromatic rings. The lowest BCUT2D eigenvalue weighted by Crippen LogP contribution is -2.49. The molecule has 4 rings (SSSR count). The van der Waals surface area contributed by atoms with Crippen molar-refractivity contribution in [3.05, 3.63) is 64.7 Å². The maximum absolute atomic E-state index is 13.5. The molecule has 2 N–H and O–H groups in total. The van der Waals surface area contributed by atoms with Crippen LogP contribution in [-0.4, -0.2) is 68.4 Å². The van der Waals surface area contributed by atoms with Gasteiger partial charge in [-0.2, -0.15) is 0 Å². The van der Waals surface area contributed by atoms with Gasteiger partial charge in [0.15, 0.2) is 24.1 Å². The molecule has 0 radical (unpaired) electrons. The molecule has 2 heterocycles. The Morgan fingerprint density at radius 3 is 2.29 bits per heavy atom. The van der Waals surface area contributed by atoms with E-state index in [4.69, 9.17) is 14.2 Å². The maximum atomic E-state index is 13.5. The van der Waals surface area contributed by atoms with Gasteiger partial charge in [-0.1, -0.05) is 50.2 Å². The van der Waals surface area contributed by atoms with Gasteiger partial charge in [-0.05, 0) is 13.0 Å². The minimum absolute atomic E-state index is 0.0104. The zero-order chi connectivity index (χ0) is 27.3. The molecule has 1 atom stereocenters. The summed E-state index contributed by atoms with van der Waals surface area (Å²) >= 11 is 0. The maximum Gasteiger partial charge on any atom is 0.333 e. The number of morpholine rings is 1. The number of hydrogen-bond acceptors (Lipinski definition) is 8. The summed E-state index contributed by atoms with van der Waals surface area (Å²) < 4.78 is 16.9. The summed E-state index contributed by atoms with van der Waals surface area (Å²) in [5.74, 6) is -2.06. The lowest BCUT2D eigenvalue weighted by Gasteiger charge is -2.34. The van der Waals surface area contributed by atoms with E-state index < -0.39 is 29.8 Å².